The van der Waals surface area contributed by atoms with Gasteiger partial charge in [0.25, 0.3) is 0 Å². The minimum absolute atomic E-state index is 0.0763. The Morgan fingerprint density at radius 2 is 1.79 bits per heavy atom. The van der Waals surface area contributed by atoms with Crippen LogP contribution in [0.4, 0.5) is 13.2 Å². The molecule has 0 aliphatic carbocycles. The molecular weight excluding hydrogens is 369 g/mol. The lowest BCUT2D eigenvalue weighted by molar-refractivity contribution is -0.141. The fourth-order valence-electron chi connectivity index (χ4n) is 3.33. The van der Waals surface area contributed by atoms with Crippen LogP contribution in [0, 0.1) is 6.92 Å². The number of nitrogens with zero attached hydrogens (tertiary/aromatic N) is 3. The molecule has 1 fully saturated rings. The molecule has 0 saturated carbocycles. The van der Waals surface area contributed by atoms with Crippen molar-refractivity contribution in [1.29, 1.82) is 0 Å². The zero-order valence-corrected chi connectivity index (χ0v) is 15.9. The molecule has 1 N–H and O–H groups in total. The number of halogens is 3. The highest BCUT2D eigenvalue weighted by atomic mass is 19.4. The molecule has 1 aliphatic heterocycles. The third-order valence-electron chi connectivity index (χ3n) is 4.94. The van der Waals surface area contributed by atoms with Gasteiger partial charge in [0.2, 0.25) is 5.91 Å². The number of aryl methyl sites for hydroxylation is 2. The Labute approximate surface area is 162 Å². The standard InChI is InChI=1S/C20H25F3N4O/c1-15-12-18(20(21,22)23)25-27(15)11-8-19(28)24-13-16-4-6-17(7-5-16)14-26-9-2-3-10-26/h4-7,12H,2-3,8-11,13-14H2,1H3,(H,24,28). The van der Waals surface area contributed by atoms with Gasteiger partial charge in [-0.25, -0.2) is 0 Å². The van der Waals surface area contributed by atoms with Gasteiger partial charge in [0.1, 0.15) is 0 Å². The number of hydrogen-bond donors (Lipinski definition) is 1. The highest BCUT2D eigenvalue weighted by Gasteiger charge is 2.34. The molecule has 0 bridgehead atoms. The van der Waals surface area contributed by atoms with Gasteiger partial charge in [-0.15, -0.1) is 0 Å². The topological polar surface area (TPSA) is 50.2 Å². The first-order valence-corrected chi connectivity index (χ1v) is 9.50. The average molecular weight is 394 g/mol. The molecule has 0 spiro atoms. The lowest BCUT2D eigenvalue weighted by atomic mass is 10.1. The Bertz CT molecular complexity index is 793. The molecular formula is C20H25F3N4O. The van der Waals surface area contributed by atoms with Crippen LogP contribution in [0.1, 0.15) is 41.8 Å². The largest absolute Gasteiger partial charge is 0.435 e. The van der Waals surface area contributed by atoms with Crippen molar-refractivity contribution in [1.82, 2.24) is 20.0 Å². The van der Waals surface area contributed by atoms with Crippen LogP contribution < -0.4 is 5.32 Å². The fourth-order valence-corrected chi connectivity index (χ4v) is 3.33. The van der Waals surface area contributed by atoms with E-state index in [1.54, 1.807) is 6.92 Å². The molecule has 1 aromatic heterocycles. The molecule has 152 valence electrons. The van der Waals surface area contributed by atoms with Crippen LogP contribution in [-0.2, 0) is 30.6 Å². The Morgan fingerprint density at radius 1 is 1.14 bits per heavy atom. The smallest absolute Gasteiger partial charge is 0.352 e. The molecule has 3 rings (SSSR count). The molecule has 1 saturated heterocycles. The van der Waals surface area contributed by atoms with Crippen LogP contribution in [0.25, 0.3) is 0 Å². The second-order valence-corrected chi connectivity index (χ2v) is 7.22. The zero-order chi connectivity index (χ0) is 20.1. The number of likely N-dealkylation sites (tertiary alicyclic amines) is 1. The van der Waals surface area contributed by atoms with E-state index in [9.17, 15) is 18.0 Å². The van der Waals surface area contributed by atoms with Crippen molar-refractivity contribution in [3.63, 3.8) is 0 Å². The minimum atomic E-state index is -4.47. The highest BCUT2D eigenvalue weighted by molar-refractivity contribution is 5.75. The summed E-state index contributed by atoms with van der Waals surface area (Å²) in [5.74, 6) is -0.218. The van der Waals surface area contributed by atoms with Crippen LogP contribution in [0.5, 0.6) is 0 Å². The maximum atomic E-state index is 12.7. The number of benzene rings is 1. The third kappa shape index (κ3) is 5.58. The van der Waals surface area contributed by atoms with Crippen molar-refractivity contribution in [3.8, 4) is 0 Å². The van der Waals surface area contributed by atoms with Gasteiger partial charge < -0.3 is 5.32 Å². The van der Waals surface area contributed by atoms with E-state index < -0.39 is 11.9 Å². The molecule has 1 amide bonds. The van der Waals surface area contributed by atoms with Crippen LogP contribution >= 0.6 is 0 Å². The number of carbonyl (C=O) groups is 1. The molecule has 8 heteroatoms. The van der Waals surface area contributed by atoms with E-state index >= 15 is 0 Å². The first-order chi connectivity index (χ1) is 13.3. The molecule has 28 heavy (non-hydrogen) atoms. The molecule has 1 aromatic carbocycles. The molecule has 2 heterocycles. The number of aromatic nitrogens is 2. The van der Waals surface area contributed by atoms with E-state index in [-0.39, 0.29) is 18.9 Å². The van der Waals surface area contributed by atoms with Gasteiger partial charge in [-0.05, 0) is 50.0 Å². The number of rotatable bonds is 7. The summed E-state index contributed by atoms with van der Waals surface area (Å²) in [5.41, 5.74) is 1.70. The lowest BCUT2D eigenvalue weighted by Gasteiger charge is -2.14. The first kappa shape index (κ1) is 20.4. The van der Waals surface area contributed by atoms with Gasteiger partial charge in [-0.1, -0.05) is 24.3 Å². The Hall–Kier alpha value is -2.35. The van der Waals surface area contributed by atoms with Gasteiger partial charge in [0, 0.05) is 31.7 Å². The monoisotopic (exact) mass is 394 g/mol. The molecule has 1 aliphatic rings. The summed E-state index contributed by atoms with van der Waals surface area (Å²) < 4.78 is 39.2. The Kier molecular flexibility index (Phi) is 6.39. The van der Waals surface area contributed by atoms with Gasteiger partial charge in [-0.3, -0.25) is 14.4 Å². The predicted octanol–water partition coefficient (Wildman–Crippen LogP) is 3.51. The number of hydrogen-bond acceptors (Lipinski definition) is 3. The Morgan fingerprint density at radius 3 is 2.39 bits per heavy atom. The number of alkyl halides is 3. The summed E-state index contributed by atoms with van der Waals surface area (Å²) >= 11 is 0. The molecule has 0 unspecified atom stereocenters. The van der Waals surface area contributed by atoms with Crippen molar-refractivity contribution in [2.24, 2.45) is 0 Å². The van der Waals surface area contributed by atoms with Gasteiger partial charge >= 0.3 is 6.18 Å². The predicted molar refractivity (Wildman–Crippen MR) is 99.4 cm³/mol. The van der Waals surface area contributed by atoms with E-state index in [2.05, 4.69) is 27.4 Å². The zero-order valence-electron chi connectivity index (χ0n) is 15.9. The van der Waals surface area contributed by atoms with Crippen LogP contribution in [-0.4, -0.2) is 33.7 Å². The molecule has 0 radical (unpaired) electrons. The maximum Gasteiger partial charge on any atom is 0.435 e. The normalized spacial score (nSPS) is 15.1. The second kappa shape index (κ2) is 8.77. The summed E-state index contributed by atoms with van der Waals surface area (Å²) in [6.45, 7) is 5.31. The average Bonchev–Trinajstić information content (AvgIpc) is 3.28. The summed E-state index contributed by atoms with van der Waals surface area (Å²) in [6.07, 6.45) is -1.87. The minimum Gasteiger partial charge on any atom is -0.352 e. The maximum absolute atomic E-state index is 12.7. The quantitative estimate of drug-likeness (QED) is 0.782. The number of amides is 1. The van der Waals surface area contributed by atoms with Crippen molar-refractivity contribution in [3.05, 3.63) is 52.8 Å². The van der Waals surface area contributed by atoms with E-state index in [0.29, 0.717) is 12.2 Å². The van der Waals surface area contributed by atoms with E-state index in [1.807, 2.05) is 12.1 Å². The number of carbonyl (C=O) groups excluding carboxylic acids is 1. The number of nitrogens with one attached hydrogen (secondary N) is 1. The van der Waals surface area contributed by atoms with Crippen LogP contribution in [0.2, 0.25) is 0 Å². The van der Waals surface area contributed by atoms with Gasteiger partial charge in [0.05, 0.1) is 0 Å². The van der Waals surface area contributed by atoms with Gasteiger partial charge in [0.15, 0.2) is 5.69 Å². The molecule has 0 atom stereocenters. The Balaban J connectivity index is 1.43. The summed E-state index contributed by atoms with van der Waals surface area (Å²) in [5, 5.41) is 6.34. The van der Waals surface area contributed by atoms with Crippen molar-refractivity contribution in [2.45, 2.75) is 52.0 Å². The third-order valence-corrected chi connectivity index (χ3v) is 4.94. The van der Waals surface area contributed by atoms with E-state index in [0.717, 1.165) is 31.3 Å². The van der Waals surface area contributed by atoms with Crippen molar-refractivity contribution >= 4 is 5.91 Å². The van der Waals surface area contributed by atoms with Crippen molar-refractivity contribution in [2.75, 3.05) is 13.1 Å². The summed E-state index contributed by atoms with van der Waals surface area (Å²) in [4.78, 5) is 14.4. The summed E-state index contributed by atoms with van der Waals surface area (Å²) in [6, 6.07) is 9.14. The summed E-state index contributed by atoms with van der Waals surface area (Å²) in [7, 11) is 0. The van der Waals surface area contributed by atoms with E-state index in [4.69, 9.17) is 0 Å². The van der Waals surface area contributed by atoms with E-state index in [1.165, 1.54) is 23.1 Å². The fraction of sp³-hybridized carbons (Fsp3) is 0.500. The second-order valence-electron chi connectivity index (χ2n) is 7.22. The van der Waals surface area contributed by atoms with Crippen molar-refractivity contribution < 1.29 is 18.0 Å². The lowest BCUT2D eigenvalue weighted by Crippen LogP contribution is -2.24. The molecule has 2 aromatic rings. The van der Waals surface area contributed by atoms with Gasteiger partial charge in [-0.2, -0.15) is 18.3 Å². The van der Waals surface area contributed by atoms with Crippen LogP contribution in [0.15, 0.2) is 30.3 Å². The van der Waals surface area contributed by atoms with Crippen LogP contribution in [0.3, 0.4) is 0 Å². The molecule has 5 nitrogen and oxygen atoms in total. The first-order valence-electron chi connectivity index (χ1n) is 9.50. The SMILES string of the molecule is Cc1cc(C(F)(F)F)nn1CCC(=O)NCc1ccc(CN2CCCC2)cc1. The highest BCUT2D eigenvalue weighted by Crippen LogP contribution is 2.28.